The number of carbonyl (C=O) groups is 1. The molecule has 0 unspecified atom stereocenters. The molecule has 3 heterocycles. The summed E-state index contributed by atoms with van der Waals surface area (Å²) in [6.07, 6.45) is 5.36. The first-order valence-electron chi connectivity index (χ1n) is 13.5. The van der Waals surface area contributed by atoms with Gasteiger partial charge < -0.3 is 19.9 Å². The van der Waals surface area contributed by atoms with Crippen LogP contribution >= 0.6 is 0 Å². The van der Waals surface area contributed by atoms with Crippen LogP contribution in [0.3, 0.4) is 0 Å². The van der Waals surface area contributed by atoms with E-state index in [9.17, 15) is 9.18 Å². The van der Waals surface area contributed by atoms with Gasteiger partial charge in [0.05, 0.1) is 41.3 Å². The number of fused-ring (bicyclic) bond motifs is 1. The molecule has 0 atom stereocenters. The van der Waals surface area contributed by atoms with E-state index >= 15 is 0 Å². The van der Waals surface area contributed by atoms with Crippen LogP contribution < -0.4 is 15.0 Å². The predicted octanol–water partition coefficient (Wildman–Crippen LogP) is 5.18. The Bertz CT molecular complexity index is 1540. The first-order valence-corrected chi connectivity index (χ1v) is 13.5. The highest BCUT2D eigenvalue weighted by Gasteiger charge is 2.27. The van der Waals surface area contributed by atoms with Gasteiger partial charge in [-0.25, -0.2) is 14.4 Å². The lowest BCUT2D eigenvalue weighted by Crippen LogP contribution is -2.42. The van der Waals surface area contributed by atoms with Crippen molar-refractivity contribution in [1.82, 2.24) is 24.6 Å². The monoisotopic (exact) mass is 545 g/mol. The number of likely N-dealkylation sites (tertiary alicyclic amines) is 1. The van der Waals surface area contributed by atoms with E-state index in [0.717, 1.165) is 42.5 Å². The standard InChI is InChI=1S/C30H36FN7O2/c1-30(2,3)38-24-11-10-22(27(20(24)18-33-38)37(5)19-13-16-36(4)17-14-19)35-29(39)23-12-15-32-28(34-23)26-21(31)8-7-9-25(26)40-6/h7-12,15,18-19H,13-14,16-17H2,1-6H3,(H,35,39). The summed E-state index contributed by atoms with van der Waals surface area (Å²) in [6, 6.07) is 10.2. The number of benzene rings is 2. The Morgan fingerprint density at radius 1 is 1.15 bits per heavy atom. The van der Waals surface area contributed by atoms with Crippen LogP contribution in [0, 0.1) is 5.82 Å². The molecule has 2 aromatic carbocycles. The van der Waals surface area contributed by atoms with Crippen molar-refractivity contribution >= 4 is 28.2 Å². The normalized spacial score (nSPS) is 14.9. The van der Waals surface area contributed by atoms with Crippen LogP contribution in [0.2, 0.25) is 0 Å². The molecule has 0 aliphatic carbocycles. The molecule has 1 amide bonds. The van der Waals surface area contributed by atoms with Gasteiger partial charge in [-0.3, -0.25) is 9.48 Å². The molecule has 0 bridgehead atoms. The highest BCUT2D eigenvalue weighted by atomic mass is 19.1. The van der Waals surface area contributed by atoms with E-state index in [1.807, 2.05) is 23.0 Å². The lowest BCUT2D eigenvalue weighted by Gasteiger charge is -2.37. The number of nitrogens with zero attached hydrogens (tertiary/aromatic N) is 6. The molecular formula is C30H36FN7O2. The summed E-state index contributed by atoms with van der Waals surface area (Å²) in [7, 11) is 5.68. The van der Waals surface area contributed by atoms with Gasteiger partial charge in [-0.15, -0.1) is 0 Å². The number of aromatic nitrogens is 4. The lowest BCUT2D eigenvalue weighted by atomic mass is 10.0. The minimum Gasteiger partial charge on any atom is -0.496 e. The summed E-state index contributed by atoms with van der Waals surface area (Å²) in [5.41, 5.74) is 2.60. The fourth-order valence-corrected chi connectivity index (χ4v) is 5.35. The molecule has 1 aliphatic rings. The Morgan fingerprint density at radius 2 is 1.90 bits per heavy atom. The fourth-order valence-electron chi connectivity index (χ4n) is 5.35. The minimum atomic E-state index is -0.528. The number of ether oxygens (including phenoxy) is 1. The van der Waals surface area contributed by atoms with Crippen LogP contribution in [0.4, 0.5) is 15.8 Å². The number of methoxy groups -OCH3 is 1. The third-order valence-electron chi connectivity index (χ3n) is 7.50. The average molecular weight is 546 g/mol. The number of piperidine rings is 1. The third kappa shape index (κ3) is 5.23. The Labute approximate surface area is 234 Å². The smallest absolute Gasteiger partial charge is 0.274 e. The van der Waals surface area contributed by atoms with Crippen molar-refractivity contribution in [3.8, 4) is 17.1 Å². The summed E-state index contributed by atoms with van der Waals surface area (Å²) in [4.78, 5) is 26.8. The molecule has 1 saturated heterocycles. The summed E-state index contributed by atoms with van der Waals surface area (Å²) >= 11 is 0. The van der Waals surface area contributed by atoms with Crippen molar-refractivity contribution in [2.75, 3.05) is 44.5 Å². The molecule has 5 rings (SSSR count). The molecular weight excluding hydrogens is 509 g/mol. The van der Waals surface area contributed by atoms with Gasteiger partial charge >= 0.3 is 0 Å². The fraction of sp³-hybridized carbons (Fsp3) is 0.400. The van der Waals surface area contributed by atoms with E-state index in [-0.39, 0.29) is 22.6 Å². The number of amides is 1. The Hall–Kier alpha value is -4.05. The number of hydrogen-bond acceptors (Lipinski definition) is 7. The lowest BCUT2D eigenvalue weighted by molar-refractivity contribution is 0.102. The van der Waals surface area contributed by atoms with Gasteiger partial charge in [0.15, 0.2) is 5.82 Å². The van der Waals surface area contributed by atoms with Crippen molar-refractivity contribution in [2.24, 2.45) is 0 Å². The maximum Gasteiger partial charge on any atom is 0.274 e. The summed E-state index contributed by atoms with van der Waals surface area (Å²) < 4.78 is 22.0. The van der Waals surface area contributed by atoms with Crippen LogP contribution in [0.5, 0.6) is 5.75 Å². The van der Waals surface area contributed by atoms with E-state index in [2.05, 4.69) is 60.0 Å². The third-order valence-corrected chi connectivity index (χ3v) is 7.50. The zero-order valence-electron chi connectivity index (χ0n) is 23.9. The summed E-state index contributed by atoms with van der Waals surface area (Å²) in [5, 5.41) is 8.76. The second-order valence-corrected chi connectivity index (χ2v) is 11.3. The van der Waals surface area contributed by atoms with E-state index in [0.29, 0.717) is 17.5 Å². The molecule has 10 heteroatoms. The van der Waals surface area contributed by atoms with E-state index < -0.39 is 11.7 Å². The van der Waals surface area contributed by atoms with Crippen molar-refractivity contribution in [1.29, 1.82) is 0 Å². The van der Waals surface area contributed by atoms with Gasteiger partial charge in [-0.05, 0) is 84.1 Å². The first-order chi connectivity index (χ1) is 19.1. The largest absolute Gasteiger partial charge is 0.496 e. The van der Waals surface area contributed by atoms with Gasteiger partial charge in [-0.2, -0.15) is 5.10 Å². The molecule has 2 aromatic heterocycles. The maximum absolute atomic E-state index is 14.7. The first kappa shape index (κ1) is 27.5. The van der Waals surface area contributed by atoms with E-state index in [1.54, 1.807) is 12.1 Å². The van der Waals surface area contributed by atoms with Crippen molar-refractivity contribution in [2.45, 2.75) is 45.2 Å². The predicted molar refractivity (Wildman–Crippen MR) is 156 cm³/mol. The molecule has 0 spiro atoms. The second kappa shape index (κ2) is 10.8. The Morgan fingerprint density at radius 3 is 2.60 bits per heavy atom. The van der Waals surface area contributed by atoms with Crippen LogP contribution in [-0.4, -0.2) is 70.9 Å². The number of halogens is 1. The molecule has 1 aliphatic heterocycles. The number of hydrogen-bond donors (Lipinski definition) is 1. The molecule has 1 N–H and O–H groups in total. The van der Waals surface area contributed by atoms with Crippen molar-refractivity contribution in [3.63, 3.8) is 0 Å². The highest BCUT2D eigenvalue weighted by Crippen LogP contribution is 2.38. The van der Waals surface area contributed by atoms with Gasteiger partial charge in [0.2, 0.25) is 0 Å². The summed E-state index contributed by atoms with van der Waals surface area (Å²) in [6.45, 7) is 8.38. The van der Waals surface area contributed by atoms with Gasteiger partial charge in [0, 0.05) is 24.7 Å². The molecule has 40 heavy (non-hydrogen) atoms. The molecule has 210 valence electrons. The number of nitrogens with one attached hydrogen (secondary N) is 1. The van der Waals surface area contributed by atoms with Gasteiger partial charge in [0.25, 0.3) is 5.91 Å². The zero-order chi connectivity index (χ0) is 28.6. The molecule has 0 saturated carbocycles. The van der Waals surface area contributed by atoms with Crippen LogP contribution in [0.25, 0.3) is 22.3 Å². The Kier molecular flexibility index (Phi) is 7.46. The molecule has 4 aromatic rings. The number of rotatable bonds is 6. The highest BCUT2D eigenvalue weighted by molar-refractivity contribution is 6.09. The van der Waals surface area contributed by atoms with E-state index in [1.165, 1.54) is 25.4 Å². The van der Waals surface area contributed by atoms with Crippen molar-refractivity contribution < 1.29 is 13.9 Å². The Balaban J connectivity index is 1.54. The minimum absolute atomic E-state index is 0.0770. The zero-order valence-corrected chi connectivity index (χ0v) is 23.9. The topological polar surface area (TPSA) is 88.4 Å². The van der Waals surface area contributed by atoms with Crippen LogP contribution in [-0.2, 0) is 5.54 Å². The van der Waals surface area contributed by atoms with E-state index in [4.69, 9.17) is 9.84 Å². The SMILES string of the molecule is COc1cccc(F)c1-c1nccc(C(=O)Nc2ccc3c(cnn3C(C)(C)C)c2N(C)C2CCN(C)CC2)n1. The second-order valence-electron chi connectivity index (χ2n) is 11.3. The molecule has 9 nitrogen and oxygen atoms in total. The molecule has 0 radical (unpaired) electrons. The molecule has 1 fully saturated rings. The maximum atomic E-state index is 14.7. The van der Waals surface area contributed by atoms with Gasteiger partial charge in [0.1, 0.15) is 17.3 Å². The van der Waals surface area contributed by atoms with Crippen LogP contribution in [0.1, 0.15) is 44.1 Å². The number of carbonyl (C=O) groups excluding carboxylic acids is 1. The quantitative estimate of drug-likeness (QED) is 0.357. The summed E-state index contributed by atoms with van der Waals surface area (Å²) in [5.74, 6) is -0.575. The van der Waals surface area contributed by atoms with Gasteiger partial charge in [-0.1, -0.05) is 6.07 Å². The average Bonchev–Trinajstić information content (AvgIpc) is 3.38. The van der Waals surface area contributed by atoms with Crippen LogP contribution in [0.15, 0.2) is 48.8 Å². The number of anilines is 2. The van der Waals surface area contributed by atoms with Crippen molar-refractivity contribution in [3.05, 3.63) is 60.3 Å².